The highest BCUT2D eigenvalue weighted by Gasteiger charge is 2.14. The van der Waals surface area contributed by atoms with E-state index in [1.807, 2.05) is 23.7 Å². The second kappa shape index (κ2) is 9.98. The topological polar surface area (TPSA) is 107 Å². The molecule has 2 N–H and O–H groups in total. The van der Waals surface area contributed by atoms with Crippen LogP contribution in [0.2, 0.25) is 0 Å². The predicted octanol–water partition coefficient (Wildman–Crippen LogP) is 3.19. The van der Waals surface area contributed by atoms with E-state index in [9.17, 15) is 9.59 Å². The van der Waals surface area contributed by atoms with Crippen LogP contribution in [0.1, 0.15) is 6.92 Å². The number of ether oxygens (including phenoxy) is 2. The van der Waals surface area contributed by atoms with Crippen molar-refractivity contribution in [3.05, 3.63) is 42.5 Å². The van der Waals surface area contributed by atoms with Crippen molar-refractivity contribution >= 4 is 35.0 Å². The number of nitrogens with zero attached hydrogens (tertiary/aromatic N) is 3. The van der Waals surface area contributed by atoms with Gasteiger partial charge in [-0.2, -0.15) is 0 Å². The summed E-state index contributed by atoms with van der Waals surface area (Å²) in [6.07, 6.45) is 0. The van der Waals surface area contributed by atoms with Gasteiger partial charge in [-0.1, -0.05) is 11.8 Å². The highest BCUT2D eigenvalue weighted by molar-refractivity contribution is 7.99. The normalized spacial score (nSPS) is 10.5. The summed E-state index contributed by atoms with van der Waals surface area (Å²) in [5, 5.41) is 14.6. The lowest BCUT2D eigenvalue weighted by atomic mass is 10.2. The number of benzene rings is 2. The zero-order valence-electron chi connectivity index (χ0n) is 17.6. The van der Waals surface area contributed by atoms with Crippen molar-refractivity contribution in [1.82, 2.24) is 14.8 Å². The minimum atomic E-state index is -0.208. The first-order valence-electron chi connectivity index (χ1n) is 9.33. The summed E-state index contributed by atoms with van der Waals surface area (Å²) < 4.78 is 12.3. The summed E-state index contributed by atoms with van der Waals surface area (Å²) >= 11 is 1.27. The van der Waals surface area contributed by atoms with Gasteiger partial charge in [-0.15, -0.1) is 10.2 Å². The Kier molecular flexibility index (Phi) is 7.14. The molecule has 0 unspecified atom stereocenters. The van der Waals surface area contributed by atoms with Crippen molar-refractivity contribution in [2.75, 3.05) is 30.6 Å². The summed E-state index contributed by atoms with van der Waals surface area (Å²) in [7, 11) is 4.93. The maximum Gasteiger partial charge on any atom is 0.234 e. The van der Waals surface area contributed by atoms with E-state index in [1.165, 1.54) is 25.8 Å². The van der Waals surface area contributed by atoms with Crippen LogP contribution in [0.4, 0.5) is 11.4 Å². The van der Waals surface area contributed by atoms with Crippen molar-refractivity contribution in [1.29, 1.82) is 0 Å². The molecule has 31 heavy (non-hydrogen) atoms. The number of aromatic nitrogens is 3. The van der Waals surface area contributed by atoms with E-state index >= 15 is 0 Å². The minimum absolute atomic E-state index is 0.130. The zero-order chi connectivity index (χ0) is 22.4. The molecule has 0 aliphatic rings. The van der Waals surface area contributed by atoms with Crippen LogP contribution in [0.3, 0.4) is 0 Å². The van der Waals surface area contributed by atoms with Gasteiger partial charge in [-0.3, -0.25) is 9.59 Å². The third-order valence-electron chi connectivity index (χ3n) is 4.31. The number of thioether (sulfide) groups is 1. The standard InChI is InChI=1S/C21H23N5O4S/c1-13(27)22-15-7-5-14(6-8-15)20-24-25-21(26(20)2)31-12-19(28)23-17-11-16(29-3)9-10-18(17)30-4/h5-11H,12H2,1-4H3,(H,22,27)(H,23,28). The van der Waals surface area contributed by atoms with Crippen molar-refractivity contribution in [3.8, 4) is 22.9 Å². The molecule has 0 bridgehead atoms. The average molecular weight is 442 g/mol. The van der Waals surface area contributed by atoms with Crippen LogP contribution in [0.25, 0.3) is 11.4 Å². The molecule has 0 saturated carbocycles. The Morgan fingerprint density at radius 1 is 1.03 bits per heavy atom. The van der Waals surface area contributed by atoms with Crippen LogP contribution >= 0.6 is 11.8 Å². The largest absolute Gasteiger partial charge is 0.497 e. The first kappa shape index (κ1) is 22.2. The molecule has 3 rings (SSSR count). The number of hydrogen-bond acceptors (Lipinski definition) is 7. The second-order valence-electron chi connectivity index (χ2n) is 6.53. The van der Waals surface area contributed by atoms with Crippen LogP contribution in [-0.4, -0.2) is 46.6 Å². The van der Waals surface area contributed by atoms with Crippen LogP contribution in [-0.2, 0) is 16.6 Å². The van der Waals surface area contributed by atoms with Gasteiger partial charge >= 0.3 is 0 Å². The second-order valence-corrected chi connectivity index (χ2v) is 7.47. The van der Waals surface area contributed by atoms with Gasteiger partial charge in [0.25, 0.3) is 0 Å². The molecule has 162 valence electrons. The van der Waals surface area contributed by atoms with Crippen LogP contribution in [0.15, 0.2) is 47.6 Å². The fourth-order valence-corrected chi connectivity index (χ4v) is 3.54. The quantitative estimate of drug-likeness (QED) is 0.517. The molecule has 0 aliphatic carbocycles. The monoisotopic (exact) mass is 441 g/mol. The molecule has 0 radical (unpaired) electrons. The molecule has 1 heterocycles. The molecule has 9 nitrogen and oxygen atoms in total. The smallest absolute Gasteiger partial charge is 0.234 e. The third-order valence-corrected chi connectivity index (χ3v) is 5.33. The van der Waals surface area contributed by atoms with E-state index in [0.717, 1.165) is 5.56 Å². The number of amides is 2. The lowest BCUT2D eigenvalue weighted by Gasteiger charge is -2.11. The van der Waals surface area contributed by atoms with Crippen LogP contribution < -0.4 is 20.1 Å². The van der Waals surface area contributed by atoms with Crippen molar-refractivity contribution in [3.63, 3.8) is 0 Å². The summed E-state index contributed by atoms with van der Waals surface area (Å²) in [6, 6.07) is 12.5. The lowest BCUT2D eigenvalue weighted by Crippen LogP contribution is -2.15. The van der Waals surface area contributed by atoms with Crippen LogP contribution in [0, 0.1) is 0 Å². The number of carbonyl (C=O) groups is 2. The van der Waals surface area contributed by atoms with Gasteiger partial charge in [0.05, 0.1) is 25.7 Å². The third kappa shape index (κ3) is 5.54. The van der Waals surface area contributed by atoms with Gasteiger partial charge in [0.1, 0.15) is 11.5 Å². The molecule has 3 aromatic rings. The van der Waals surface area contributed by atoms with E-state index < -0.39 is 0 Å². The molecule has 0 spiro atoms. The number of methoxy groups -OCH3 is 2. The van der Waals surface area contributed by atoms with Crippen molar-refractivity contribution < 1.29 is 19.1 Å². The Morgan fingerprint density at radius 2 is 1.77 bits per heavy atom. The number of carbonyl (C=O) groups excluding carboxylic acids is 2. The van der Waals surface area contributed by atoms with E-state index in [0.29, 0.717) is 33.9 Å². The van der Waals surface area contributed by atoms with Crippen LogP contribution in [0.5, 0.6) is 11.5 Å². The first-order valence-corrected chi connectivity index (χ1v) is 10.3. The lowest BCUT2D eigenvalue weighted by molar-refractivity contribution is -0.114. The number of hydrogen-bond donors (Lipinski definition) is 2. The van der Waals surface area contributed by atoms with E-state index in [2.05, 4.69) is 20.8 Å². The van der Waals surface area contributed by atoms with Gasteiger partial charge < -0.3 is 24.7 Å². The molecule has 10 heteroatoms. The summed E-state index contributed by atoms with van der Waals surface area (Å²) in [5.41, 5.74) is 2.09. The van der Waals surface area contributed by atoms with Gasteiger partial charge in [-0.05, 0) is 36.4 Å². The highest BCUT2D eigenvalue weighted by atomic mass is 32.2. The molecule has 0 aliphatic heterocycles. The van der Waals surface area contributed by atoms with Crippen molar-refractivity contribution in [2.45, 2.75) is 12.1 Å². The van der Waals surface area contributed by atoms with Gasteiger partial charge in [0.2, 0.25) is 11.8 Å². The fraction of sp³-hybridized carbons (Fsp3) is 0.238. The van der Waals surface area contributed by atoms with E-state index in [4.69, 9.17) is 9.47 Å². The average Bonchev–Trinajstić information content (AvgIpc) is 3.12. The zero-order valence-corrected chi connectivity index (χ0v) is 18.4. The number of anilines is 2. The maximum absolute atomic E-state index is 12.4. The Labute approximate surface area is 184 Å². The fourth-order valence-electron chi connectivity index (χ4n) is 2.83. The first-order chi connectivity index (χ1) is 14.9. The highest BCUT2D eigenvalue weighted by Crippen LogP contribution is 2.29. The molecule has 0 saturated heterocycles. The van der Waals surface area contributed by atoms with Crippen molar-refractivity contribution in [2.24, 2.45) is 7.05 Å². The summed E-state index contributed by atoms with van der Waals surface area (Å²) in [5.74, 6) is 1.63. The number of nitrogens with one attached hydrogen (secondary N) is 2. The molecular formula is C21H23N5O4S. The Hall–Kier alpha value is -3.53. The van der Waals surface area contributed by atoms with Gasteiger partial charge in [-0.25, -0.2) is 0 Å². The molecular weight excluding hydrogens is 418 g/mol. The number of rotatable bonds is 8. The molecule has 0 fully saturated rings. The molecule has 2 amide bonds. The molecule has 0 atom stereocenters. The molecule has 2 aromatic carbocycles. The summed E-state index contributed by atoms with van der Waals surface area (Å²) in [6.45, 7) is 1.46. The minimum Gasteiger partial charge on any atom is -0.497 e. The predicted molar refractivity (Wildman–Crippen MR) is 120 cm³/mol. The van der Waals surface area contributed by atoms with E-state index in [1.54, 1.807) is 37.4 Å². The van der Waals surface area contributed by atoms with E-state index in [-0.39, 0.29) is 17.6 Å². The Bertz CT molecular complexity index is 1080. The Balaban J connectivity index is 1.65. The van der Waals surface area contributed by atoms with Gasteiger partial charge in [0.15, 0.2) is 11.0 Å². The van der Waals surface area contributed by atoms with Gasteiger partial charge in [0, 0.05) is 31.3 Å². The summed E-state index contributed by atoms with van der Waals surface area (Å²) in [4.78, 5) is 23.6. The molecule has 1 aromatic heterocycles. The SMILES string of the molecule is COc1ccc(OC)c(NC(=O)CSc2nnc(-c3ccc(NC(C)=O)cc3)n2C)c1. The maximum atomic E-state index is 12.4. The Morgan fingerprint density at radius 3 is 2.42 bits per heavy atom.